The largest absolute Gasteiger partial charge is 0.462 e. The minimum absolute atomic E-state index is 0.290. The third-order valence-corrected chi connectivity index (χ3v) is 3.93. The molecule has 2 nitrogen and oxygen atoms in total. The van der Waals surface area contributed by atoms with E-state index in [4.69, 9.17) is 4.74 Å². The van der Waals surface area contributed by atoms with Crippen LogP contribution < -0.4 is 0 Å². The molecular weight excluding hydrogens is 228 g/mol. The first kappa shape index (κ1) is 15.9. The highest BCUT2D eigenvalue weighted by Gasteiger charge is 2.06. The minimum atomic E-state index is -0.290. The van der Waals surface area contributed by atoms with Crippen LogP contribution in [0, 0.1) is 0 Å². The summed E-state index contributed by atoms with van der Waals surface area (Å²) in [7, 11) is 0.879. The summed E-state index contributed by atoms with van der Waals surface area (Å²) in [6.07, 6.45) is 6.92. The molecule has 2 radical (unpaired) electrons. The van der Waals surface area contributed by atoms with E-state index in [1.807, 2.05) is 12.2 Å². The van der Waals surface area contributed by atoms with Crippen molar-refractivity contribution in [2.24, 2.45) is 0 Å². The average molecular weight is 250 g/mol. The van der Waals surface area contributed by atoms with Crippen LogP contribution in [0.15, 0.2) is 37.5 Å². The Balaban J connectivity index is 3.60. The van der Waals surface area contributed by atoms with Crippen molar-refractivity contribution in [3.05, 3.63) is 37.5 Å². The Morgan fingerprint density at radius 3 is 2.41 bits per heavy atom. The monoisotopic (exact) mass is 250 g/mol. The molecule has 0 amide bonds. The number of hydrogen-bond acceptors (Lipinski definition) is 2. The van der Waals surface area contributed by atoms with Gasteiger partial charge in [-0.1, -0.05) is 24.8 Å². The van der Waals surface area contributed by atoms with E-state index >= 15 is 0 Å². The molecule has 0 aliphatic rings. The summed E-state index contributed by atoms with van der Waals surface area (Å²) in [5, 5.41) is 0. The zero-order valence-corrected chi connectivity index (χ0v) is 11.7. The summed E-state index contributed by atoms with van der Waals surface area (Å²) >= 11 is 0. The number of ether oxygens (including phenoxy) is 1. The van der Waals surface area contributed by atoms with Crippen LogP contribution in [-0.2, 0) is 9.53 Å². The molecular formula is C14H22O2Si. The maximum atomic E-state index is 11.1. The van der Waals surface area contributed by atoms with Crippen molar-refractivity contribution in [3.8, 4) is 0 Å². The van der Waals surface area contributed by atoms with Gasteiger partial charge in [0, 0.05) is 15.1 Å². The molecule has 0 aliphatic carbocycles. The number of allylic oxidation sites excluding steroid dienone is 2. The molecule has 0 unspecified atom stereocenters. The average Bonchev–Trinajstić information content (AvgIpc) is 2.28. The standard InChI is InChI=1S/C14H22O2Si/c1-5-8-13(9-6-2)17-11-7-10-16-14(15)12(3)4/h5-6,13H,1-3,7-11H2,4H3. The Hall–Kier alpha value is -1.09. The first-order chi connectivity index (χ1) is 8.11. The van der Waals surface area contributed by atoms with E-state index in [2.05, 4.69) is 19.7 Å². The molecule has 0 rings (SSSR count). The Kier molecular flexibility index (Phi) is 9.44. The number of hydrogen-bond donors (Lipinski definition) is 0. The quantitative estimate of drug-likeness (QED) is 0.195. The van der Waals surface area contributed by atoms with Gasteiger partial charge in [0.2, 0.25) is 0 Å². The summed E-state index contributed by atoms with van der Waals surface area (Å²) in [5.74, 6) is -0.290. The van der Waals surface area contributed by atoms with E-state index in [1.54, 1.807) is 6.92 Å². The maximum Gasteiger partial charge on any atom is 0.333 e. The van der Waals surface area contributed by atoms with Gasteiger partial charge < -0.3 is 4.74 Å². The number of rotatable bonds is 10. The lowest BCUT2D eigenvalue weighted by Gasteiger charge is -2.11. The van der Waals surface area contributed by atoms with E-state index < -0.39 is 0 Å². The fraction of sp³-hybridized carbons (Fsp3) is 0.500. The number of carbonyl (C=O) groups is 1. The van der Waals surface area contributed by atoms with Gasteiger partial charge in [-0.3, -0.25) is 0 Å². The molecule has 0 bridgehead atoms. The Labute approximate surface area is 107 Å². The zero-order chi connectivity index (χ0) is 13.1. The van der Waals surface area contributed by atoms with Crippen molar-refractivity contribution < 1.29 is 9.53 Å². The molecule has 17 heavy (non-hydrogen) atoms. The highest BCUT2D eigenvalue weighted by molar-refractivity contribution is 6.37. The lowest BCUT2D eigenvalue weighted by atomic mass is 10.2. The lowest BCUT2D eigenvalue weighted by Crippen LogP contribution is -2.08. The summed E-state index contributed by atoms with van der Waals surface area (Å²) in [5.41, 5.74) is 1.12. The lowest BCUT2D eigenvalue weighted by molar-refractivity contribution is -0.138. The second-order valence-corrected chi connectivity index (χ2v) is 5.69. The zero-order valence-electron chi connectivity index (χ0n) is 10.7. The fourth-order valence-corrected chi connectivity index (χ4v) is 2.76. The van der Waals surface area contributed by atoms with Crippen LogP contribution in [0.2, 0.25) is 11.6 Å². The van der Waals surface area contributed by atoms with Crippen LogP contribution in [0.4, 0.5) is 0 Å². The van der Waals surface area contributed by atoms with Crippen LogP contribution in [-0.4, -0.2) is 22.1 Å². The minimum Gasteiger partial charge on any atom is -0.462 e. The van der Waals surface area contributed by atoms with Gasteiger partial charge in [0.15, 0.2) is 0 Å². The predicted octanol–water partition coefficient (Wildman–Crippen LogP) is 3.56. The van der Waals surface area contributed by atoms with Gasteiger partial charge in [0.25, 0.3) is 0 Å². The summed E-state index contributed by atoms with van der Waals surface area (Å²) < 4.78 is 5.03. The highest BCUT2D eigenvalue weighted by Crippen LogP contribution is 2.17. The molecule has 0 fully saturated rings. The highest BCUT2D eigenvalue weighted by atomic mass is 28.2. The summed E-state index contributed by atoms with van der Waals surface area (Å²) in [4.78, 5) is 11.1. The first-order valence-corrected chi connectivity index (χ1v) is 7.18. The SMILES string of the molecule is C=CCC(CC=C)[Si]CCCOC(=O)C(=C)C. The molecule has 0 atom stereocenters. The van der Waals surface area contributed by atoms with E-state index in [-0.39, 0.29) is 5.97 Å². The van der Waals surface area contributed by atoms with Gasteiger partial charge in [0.1, 0.15) is 0 Å². The number of esters is 1. The van der Waals surface area contributed by atoms with E-state index in [9.17, 15) is 4.79 Å². The molecule has 0 N–H and O–H groups in total. The van der Waals surface area contributed by atoms with Gasteiger partial charge in [0.05, 0.1) is 6.61 Å². The fourth-order valence-electron chi connectivity index (χ4n) is 1.33. The second kappa shape index (κ2) is 10.1. The topological polar surface area (TPSA) is 26.3 Å². The number of carbonyl (C=O) groups excluding carboxylic acids is 1. The van der Waals surface area contributed by atoms with E-state index in [0.717, 1.165) is 34.8 Å². The second-order valence-electron chi connectivity index (χ2n) is 3.97. The van der Waals surface area contributed by atoms with Crippen LogP contribution in [0.25, 0.3) is 0 Å². The molecule has 0 spiro atoms. The predicted molar refractivity (Wildman–Crippen MR) is 74.3 cm³/mol. The van der Waals surface area contributed by atoms with Crippen molar-refractivity contribution in [1.29, 1.82) is 0 Å². The van der Waals surface area contributed by atoms with Crippen LogP contribution in [0.1, 0.15) is 26.2 Å². The van der Waals surface area contributed by atoms with Gasteiger partial charge in [-0.05, 0) is 31.7 Å². The molecule has 94 valence electrons. The summed E-state index contributed by atoms with van der Waals surface area (Å²) in [6, 6.07) is 1.09. The van der Waals surface area contributed by atoms with E-state index in [1.165, 1.54) is 0 Å². The molecule has 0 aromatic carbocycles. The van der Waals surface area contributed by atoms with Crippen LogP contribution >= 0.6 is 0 Å². The molecule has 0 aromatic rings. The Morgan fingerprint density at radius 2 is 1.94 bits per heavy atom. The van der Waals surface area contributed by atoms with Crippen LogP contribution in [0.5, 0.6) is 0 Å². The molecule has 0 aliphatic heterocycles. The van der Waals surface area contributed by atoms with E-state index in [0.29, 0.717) is 17.7 Å². The third kappa shape index (κ3) is 8.69. The maximum absolute atomic E-state index is 11.1. The first-order valence-electron chi connectivity index (χ1n) is 5.89. The molecule has 0 saturated heterocycles. The van der Waals surface area contributed by atoms with Gasteiger partial charge in [-0.15, -0.1) is 13.2 Å². The van der Waals surface area contributed by atoms with Gasteiger partial charge in [-0.25, -0.2) is 4.79 Å². The summed E-state index contributed by atoms with van der Waals surface area (Å²) in [6.45, 7) is 13.2. The van der Waals surface area contributed by atoms with Crippen molar-refractivity contribution >= 4 is 15.5 Å². The third-order valence-electron chi connectivity index (χ3n) is 2.24. The smallest absolute Gasteiger partial charge is 0.333 e. The normalized spacial score (nSPS) is 10.0. The van der Waals surface area contributed by atoms with Crippen molar-refractivity contribution in [2.45, 2.75) is 37.8 Å². The van der Waals surface area contributed by atoms with Crippen molar-refractivity contribution in [1.82, 2.24) is 0 Å². The Bertz CT molecular complexity index is 261. The Morgan fingerprint density at radius 1 is 1.35 bits per heavy atom. The molecule has 0 aromatic heterocycles. The van der Waals surface area contributed by atoms with Gasteiger partial charge >= 0.3 is 5.97 Å². The van der Waals surface area contributed by atoms with Gasteiger partial charge in [-0.2, -0.15) is 0 Å². The molecule has 3 heteroatoms. The molecule has 0 saturated carbocycles. The van der Waals surface area contributed by atoms with Crippen molar-refractivity contribution in [2.75, 3.05) is 6.61 Å². The molecule has 0 heterocycles. The van der Waals surface area contributed by atoms with Crippen LogP contribution in [0.3, 0.4) is 0 Å². The van der Waals surface area contributed by atoms with Crippen molar-refractivity contribution in [3.63, 3.8) is 0 Å².